The van der Waals surface area contributed by atoms with Crippen molar-refractivity contribution in [2.75, 3.05) is 13.7 Å². The molecule has 1 aliphatic carbocycles. The quantitative estimate of drug-likeness (QED) is 0.449. The first-order chi connectivity index (χ1) is 17.6. The second-order valence-corrected chi connectivity index (χ2v) is 8.96. The molecule has 3 aromatic carbocycles. The molecule has 5 nitrogen and oxygen atoms in total. The van der Waals surface area contributed by atoms with Gasteiger partial charge in [0.2, 0.25) is 5.88 Å². The fourth-order valence-corrected chi connectivity index (χ4v) is 5.11. The normalized spacial score (nSPS) is 18.4. The van der Waals surface area contributed by atoms with E-state index in [-0.39, 0.29) is 11.7 Å². The number of hydrogen-bond donors (Lipinski definition) is 0. The minimum atomic E-state index is -0.614. The van der Waals surface area contributed by atoms with Crippen molar-refractivity contribution < 1.29 is 18.7 Å². The summed E-state index contributed by atoms with van der Waals surface area (Å²) in [5.41, 5.74) is 4.20. The van der Waals surface area contributed by atoms with Gasteiger partial charge < -0.3 is 9.47 Å². The van der Waals surface area contributed by atoms with E-state index in [4.69, 9.17) is 9.47 Å². The third-order valence-corrected chi connectivity index (χ3v) is 6.87. The van der Waals surface area contributed by atoms with E-state index in [2.05, 4.69) is 18.2 Å². The first kappa shape index (κ1) is 22.2. The van der Waals surface area contributed by atoms with Crippen LogP contribution in [0.2, 0.25) is 0 Å². The van der Waals surface area contributed by atoms with Crippen molar-refractivity contribution in [1.82, 2.24) is 10.0 Å². The number of fused-ring (bicyclic) bond motifs is 3. The Labute approximate surface area is 209 Å². The molecule has 6 heteroatoms. The van der Waals surface area contributed by atoms with Gasteiger partial charge in [-0.2, -0.15) is 0 Å². The highest BCUT2D eigenvalue weighted by Gasteiger charge is 2.42. The molecular weight excluding hydrogens is 455 g/mol. The molecule has 0 fully saturated rings. The van der Waals surface area contributed by atoms with Crippen molar-refractivity contribution in [3.63, 3.8) is 0 Å². The topological polar surface area (TPSA) is 42.0 Å². The summed E-state index contributed by atoms with van der Waals surface area (Å²) in [6.45, 7) is 0.556. The van der Waals surface area contributed by atoms with E-state index >= 15 is 0 Å². The maximum Gasteiger partial charge on any atom is 0.273 e. The largest absolute Gasteiger partial charge is 0.497 e. The summed E-state index contributed by atoms with van der Waals surface area (Å²) in [4.78, 5) is 14.2. The molecule has 0 saturated carbocycles. The SMILES string of the molecule is COc1ccc(C2c3cc(F)ccc3OC3=C4CC=CC=C4CCN3N2C(=O)c2ccccc2)cc1. The number of benzene rings is 3. The highest BCUT2D eigenvalue weighted by molar-refractivity contribution is 5.94. The lowest BCUT2D eigenvalue weighted by molar-refractivity contribution is -0.0253. The summed E-state index contributed by atoms with van der Waals surface area (Å²) >= 11 is 0. The first-order valence-corrected chi connectivity index (χ1v) is 12.0. The molecule has 3 aliphatic rings. The number of amides is 1. The summed E-state index contributed by atoms with van der Waals surface area (Å²) in [7, 11) is 1.61. The molecule has 3 aromatic rings. The molecule has 1 atom stereocenters. The Hall–Kier alpha value is -4.32. The third kappa shape index (κ3) is 3.75. The molecule has 0 radical (unpaired) electrons. The molecular formula is C30H25FN2O3. The van der Waals surface area contributed by atoms with Gasteiger partial charge in [0.05, 0.1) is 7.11 Å². The Morgan fingerprint density at radius 2 is 1.86 bits per heavy atom. The van der Waals surface area contributed by atoms with Gasteiger partial charge in [-0.05, 0) is 66.4 Å². The van der Waals surface area contributed by atoms with Crippen LogP contribution < -0.4 is 9.47 Å². The fraction of sp³-hybridized carbons (Fsp3) is 0.167. The minimum Gasteiger partial charge on any atom is -0.497 e. The average molecular weight is 481 g/mol. The van der Waals surface area contributed by atoms with Gasteiger partial charge in [0.25, 0.3) is 5.91 Å². The highest BCUT2D eigenvalue weighted by atomic mass is 19.1. The maximum absolute atomic E-state index is 14.7. The Bertz CT molecular complexity index is 1410. The standard InChI is InChI=1S/C30H25FN2O3/c1-35-24-14-11-21(12-15-24)28-26-19-23(31)13-16-27(26)36-30-25-10-6-5-7-20(25)17-18-32(30)33(28)29(34)22-8-3-2-4-9-22/h2-9,11-16,19,28H,10,17-18H2,1H3. The Kier molecular flexibility index (Phi) is 5.56. The molecule has 6 rings (SSSR count). The molecule has 0 bridgehead atoms. The van der Waals surface area contributed by atoms with Gasteiger partial charge in [-0.15, -0.1) is 0 Å². The van der Waals surface area contributed by atoms with Crippen LogP contribution in [0.4, 0.5) is 4.39 Å². The summed E-state index contributed by atoms with van der Waals surface area (Å²) in [5.74, 6) is 1.28. The van der Waals surface area contributed by atoms with Gasteiger partial charge in [-0.3, -0.25) is 4.79 Å². The van der Waals surface area contributed by atoms with Gasteiger partial charge in [0.1, 0.15) is 23.4 Å². The van der Waals surface area contributed by atoms with E-state index in [1.165, 1.54) is 17.7 Å². The number of methoxy groups -OCH3 is 1. The molecule has 2 aliphatic heterocycles. The number of nitrogens with zero attached hydrogens (tertiary/aromatic N) is 2. The van der Waals surface area contributed by atoms with Gasteiger partial charge in [-0.1, -0.05) is 48.6 Å². The van der Waals surface area contributed by atoms with E-state index in [1.807, 2.05) is 47.5 Å². The first-order valence-electron chi connectivity index (χ1n) is 12.0. The Morgan fingerprint density at radius 1 is 1.06 bits per heavy atom. The molecule has 1 amide bonds. The molecule has 36 heavy (non-hydrogen) atoms. The van der Waals surface area contributed by atoms with Crippen molar-refractivity contribution in [3.8, 4) is 11.5 Å². The zero-order valence-corrected chi connectivity index (χ0v) is 19.9. The van der Waals surface area contributed by atoms with Crippen LogP contribution in [-0.2, 0) is 0 Å². The van der Waals surface area contributed by atoms with E-state index in [9.17, 15) is 9.18 Å². The predicted molar refractivity (Wildman–Crippen MR) is 135 cm³/mol. The molecule has 0 N–H and O–H groups in total. The zero-order valence-electron chi connectivity index (χ0n) is 19.9. The second kappa shape index (κ2) is 9.04. The van der Waals surface area contributed by atoms with Gasteiger partial charge in [0, 0.05) is 23.2 Å². The van der Waals surface area contributed by atoms with Crippen LogP contribution in [0.1, 0.15) is 40.4 Å². The molecule has 2 heterocycles. The Balaban J connectivity index is 1.61. The number of rotatable bonds is 3. The van der Waals surface area contributed by atoms with Crippen LogP contribution in [0.25, 0.3) is 0 Å². The maximum atomic E-state index is 14.7. The lowest BCUT2D eigenvalue weighted by atomic mass is 9.93. The number of carbonyl (C=O) groups is 1. The number of allylic oxidation sites excluding steroid dienone is 4. The predicted octanol–water partition coefficient (Wildman–Crippen LogP) is 6.18. The van der Waals surface area contributed by atoms with Gasteiger partial charge in [0.15, 0.2) is 0 Å². The lowest BCUT2D eigenvalue weighted by Crippen LogP contribution is -2.50. The molecule has 1 unspecified atom stereocenters. The molecule has 0 spiro atoms. The van der Waals surface area contributed by atoms with Crippen molar-refractivity contribution in [3.05, 3.63) is 131 Å². The van der Waals surface area contributed by atoms with Crippen LogP contribution in [0.5, 0.6) is 11.5 Å². The number of hydrazine groups is 1. The number of ether oxygens (including phenoxy) is 2. The average Bonchev–Trinajstić information content (AvgIpc) is 3.07. The van der Waals surface area contributed by atoms with E-state index in [0.29, 0.717) is 41.5 Å². The molecule has 0 saturated heterocycles. The van der Waals surface area contributed by atoms with E-state index in [0.717, 1.165) is 17.6 Å². The zero-order chi connectivity index (χ0) is 24.6. The number of halogens is 1. The summed E-state index contributed by atoms with van der Waals surface area (Å²) < 4.78 is 26.6. The number of hydrogen-bond acceptors (Lipinski definition) is 4. The van der Waals surface area contributed by atoms with Gasteiger partial charge in [-0.25, -0.2) is 14.4 Å². The van der Waals surface area contributed by atoms with Crippen molar-refractivity contribution in [2.45, 2.75) is 18.9 Å². The van der Waals surface area contributed by atoms with E-state index in [1.54, 1.807) is 30.3 Å². The highest BCUT2D eigenvalue weighted by Crippen LogP contribution is 2.45. The second-order valence-electron chi connectivity index (χ2n) is 8.96. The van der Waals surface area contributed by atoms with Crippen molar-refractivity contribution in [1.29, 1.82) is 0 Å². The minimum absolute atomic E-state index is 0.186. The number of carbonyl (C=O) groups excluding carboxylic acids is 1. The third-order valence-electron chi connectivity index (χ3n) is 6.87. The van der Waals surface area contributed by atoms with Crippen LogP contribution in [0, 0.1) is 5.82 Å². The van der Waals surface area contributed by atoms with Crippen LogP contribution >= 0.6 is 0 Å². The smallest absolute Gasteiger partial charge is 0.273 e. The van der Waals surface area contributed by atoms with Crippen LogP contribution in [0.3, 0.4) is 0 Å². The van der Waals surface area contributed by atoms with Crippen LogP contribution in [-0.4, -0.2) is 29.6 Å². The lowest BCUT2D eigenvalue weighted by Gasteiger charge is -2.43. The van der Waals surface area contributed by atoms with Crippen molar-refractivity contribution in [2.24, 2.45) is 0 Å². The Morgan fingerprint density at radius 3 is 2.64 bits per heavy atom. The summed E-state index contributed by atoms with van der Waals surface area (Å²) in [5, 5.41) is 3.67. The van der Waals surface area contributed by atoms with Crippen molar-refractivity contribution >= 4 is 5.91 Å². The monoisotopic (exact) mass is 480 g/mol. The van der Waals surface area contributed by atoms with E-state index < -0.39 is 6.04 Å². The molecule has 180 valence electrons. The fourth-order valence-electron chi connectivity index (χ4n) is 5.11. The van der Waals surface area contributed by atoms with Crippen LogP contribution in [0.15, 0.2) is 108 Å². The summed E-state index contributed by atoms with van der Waals surface area (Å²) in [6, 6.07) is 20.6. The molecule has 0 aromatic heterocycles. The van der Waals surface area contributed by atoms with Gasteiger partial charge >= 0.3 is 0 Å². The summed E-state index contributed by atoms with van der Waals surface area (Å²) in [6.07, 6.45) is 7.72.